The molecule has 0 aliphatic heterocycles. The van der Waals surface area contributed by atoms with Crippen LogP contribution in [0.15, 0.2) is 12.1 Å². The monoisotopic (exact) mass is 236 g/mol. The van der Waals surface area contributed by atoms with Crippen LogP contribution in [0, 0.1) is 19.9 Å². The quantitative estimate of drug-likeness (QED) is 0.657. The molecular weight excluding hydrogens is 221 g/mol. The van der Waals surface area contributed by atoms with E-state index in [0.717, 1.165) is 0 Å². The third kappa shape index (κ3) is 2.67. The zero-order valence-corrected chi connectivity index (χ0v) is 11.1. The van der Waals surface area contributed by atoms with Crippen LogP contribution in [0.25, 0.3) is 0 Å². The van der Waals surface area contributed by atoms with Gasteiger partial charge in [-0.15, -0.1) is 5.56 Å². The van der Waals surface area contributed by atoms with Gasteiger partial charge in [0.05, 0.1) is 0 Å². The fourth-order valence-electron chi connectivity index (χ4n) is 1.67. The third-order valence-corrected chi connectivity index (χ3v) is 2.03. The molecule has 1 rings (SSSR count). The minimum Gasteiger partial charge on any atom is -0.183 e. The van der Waals surface area contributed by atoms with Crippen LogP contribution in [0.3, 0.4) is 0 Å². The molecular formula is C11H15Y-. The van der Waals surface area contributed by atoms with Crippen molar-refractivity contribution in [3.8, 4) is 0 Å². The second-order valence-corrected chi connectivity index (χ2v) is 3.39. The zero-order chi connectivity index (χ0) is 8.43. The molecule has 1 radical (unpaired) electrons. The summed E-state index contributed by atoms with van der Waals surface area (Å²) in [6.07, 6.45) is 0. The van der Waals surface area contributed by atoms with Gasteiger partial charge in [-0.05, 0) is 5.92 Å². The van der Waals surface area contributed by atoms with Gasteiger partial charge in [0.15, 0.2) is 0 Å². The second-order valence-electron chi connectivity index (χ2n) is 3.39. The molecule has 0 unspecified atom stereocenters. The van der Waals surface area contributed by atoms with Crippen molar-refractivity contribution >= 4 is 0 Å². The third-order valence-electron chi connectivity index (χ3n) is 2.03. The number of hydrogen-bond donors (Lipinski definition) is 0. The van der Waals surface area contributed by atoms with Crippen molar-refractivity contribution in [2.24, 2.45) is 0 Å². The molecule has 0 N–H and O–H groups in total. The number of aryl methyl sites for hydroxylation is 2. The number of hydrogen-bond acceptors (Lipinski definition) is 0. The summed E-state index contributed by atoms with van der Waals surface area (Å²) in [6.45, 7) is 8.77. The molecule has 0 spiro atoms. The Kier molecular flexibility index (Phi) is 5.28. The van der Waals surface area contributed by atoms with Gasteiger partial charge in [-0.2, -0.15) is 29.3 Å². The van der Waals surface area contributed by atoms with Gasteiger partial charge < -0.3 is 0 Å². The molecule has 0 amide bonds. The van der Waals surface area contributed by atoms with E-state index >= 15 is 0 Å². The molecule has 1 aromatic carbocycles. The van der Waals surface area contributed by atoms with E-state index in [1.807, 2.05) is 0 Å². The van der Waals surface area contributed by atoms with Crippen molar-refractivity contribution in [2.45, 2.75) is 33.6 Å². The van der Waals surface area contributed by atoms with E-state index in [0.29, 0.717) is 5.92 Å². The molecule has 0 bridgehead atoms. The van der Waals surface area contributed by atoms with Crippen molar-refractivity contribution in [1.29, 1.82) is 0 Å². The summed E-state index contributed by atoms with van der Waals surface area (Å²) in [4.78, 5) is 0. The molecule has 0 aromatic heterocycles. The molecule has 63 valence electrons. The molecule has 1 heteroatoms. The van der Waals surface area contributed by atoms with E-state index in [9.17, 15) is 0 Å². The van der Waals surface area contributed by atoms with Crippen LogP contribution >= 0.6 is 0 Å². The summed E-state index contributed by atoms with van der Waals surface area (Å²) in [5.41, 5.74) is 4.20. The van der Waals surface area contributed by atoms with Gasteiger partial charge in [0.25, 0.3) is 0 Å². The van der Waals surface area contributed by atoms with Crippen LogP contribution in [0.5, 0.6) is 0 Å². The SMILES string of the molecule is Cc1c[c-]cc(C)c1C(C)C.[Y]. The van der Waals surface area contributed by atoms with Crippen LogP contribution in [-0.2, 0) is 32.7 Å². The Morgan fingerprint density at radius 3 is 1.75 bits per heavy atom. The Morgan fingerprint density at radius 1 is 1.08 bits per heavy atom. The van der Waals surface area contributed by atoms with Gasteiger partial charge in [0, 0.05) is 32.7 Å². The normalized spacial score (nSPS) is 9.75. The first kappa shape index (κ1) is 12.3. The minimum atomic E-state index is 0. The summed E-state index contributed by atoms with van der Waals surface area (Å²) < 4.78 is 0. The fourth-order valence-corrected chi connectivity index (χ4v) is 1.67. The number of rotatable bonds is 1. The summed E-state index contributed by atoms with van der Waals surface area (Å²) in [7, 11) is 0. The average molecular weight is 236 g/mol. The fraction of sp³-hybridized carbons (Fsp3) is 0.455. The van der Waals surface area contributed by atoms with Crippen LogP contribution in [0.2, 0.25) is 0 Å². The van der Waals surface area contributed by atoms with Crippen molar-refractivity contribution in [3.63, 3.8) is 0 Å². The first-order chi connectivity index (χ1) is 5.13. The molecule has 12 heavy (non-hydrogen) atoms. The van der Waals surface area contributed by atoms with Gasteiger partial charge in [0.1, 0.15) is 0 Å². The smallest absolute Gasteiger partial charge is 0 e. The van der Waals surface area contributed by atoms with Crippen molar-refractivity contribution < 1.29 is 32.7 Å². The Balaban J connectivity index is 0.00000121. The van der Waals surface area contributed by atoms with Crippen LogP contribution < -0.4 is 0 Å². The van der Waals surface area contributed by atoms with Gasteiger partial charge >= 0.3 is 0 Å². The van der Waals surface area contributed by atoms with Crippen LogP contribution in [-0.4, -0.2) is 0 Å². The minimum absolute atomic E-state index is 0. The van der Waals surface area contributed by atoms with Gasteiger partial charge in [-0.1, -0.05) is 27.7 Å². The summed E-state index contributed by atoms with van der Waals surface area (Å²) in [6, 6.07) is 7.24. The van der Waals surface area contributed by atoms with Crippen LogP contribution in [0.4, 0.5) is 0 Å². The predicted octanol–water partition coefficient (Wildman–Crippen LogP) is 3.22. The average Bonchev–Trinajstić information content (AvgIpc) is 1.85. The molecule has 1 aromatic rings. The van der Waals surface area contributed by atoms with Gasteiger partial charge in [0.2, 0.25) is 0 Å². The Morgan fingerprint density at radius 2 is 1.50 bits per heavy atom. The molecule has 0 fully saturated rings. The van der Waals surface area contributed by atoms with E-state index in [-0.39, 0.29) is 32.7 Å². The molecule has 0 nitrogen and oxygen atoms in total. The van der Waals surface area contributed by atoms with Crippen molar-refractivity contribution in [1.82, 2.24) is 0 Å². The molecule has 0 saturated heterocycles. The maximum atomic E-state index is 3.12. The van der Waals surface area contributed by atoms with Crippen LogP contribution in [0.1, 0.15) is 36.5 Å². The molecule has 0 aliphatic rings. The Labute approximate surface area is 101 Å². The maximum absolute atomic E-state index is 3.12. The van der Waals surface area contributed by atoms with E-state index in [1.165, 1.54) is 16.7 Å². The molecule has 0 heterocycles. The molecule has 0 atom stereocenters. The standard InChI is InChI=1S/C11H15.Y/c1-8(2)11-9(3)6-5-7-10(11)4;/h6-8H,1-4H3;/q-1;. The maximum Gasteiger partial charge on any atom is 0 e. The van der Waals surface area contributed by atoms with E-state index in [2.05, 4.69) is 45.9 Å². The Hall–Kier alpha value is 0.324. The summed E-state index contributed by atoms with van der Waals surface area (Å²) in [5, 5.41) is 0. The Bertz CT molecular complexity index is 231. The first-order valence-electron chi connectivity index (χ1n) is 4.10. The van der Waals surface area contributed by atoms with Crippen molar-refractivity contribution in [2.75, 3.05) is 0 Å². The predicted molar refractivity (Wildman–Crippen MR) is 48.8 cm³/mol. The topological polar surface area (TPSA) is 0 Å². The van der Waals surface area contributed by atoms with Gasteiger partial charge in [-0.3, -0.25) is 0 Å². The molecule has 0 aliphatic carbocycles. The van der Waals surface area contributed by atoms with E-state index < -0.39 is 0 Å². The second kappa shape index (κ2) is 5.14. The van der Waals surface area contributed by atoms with Gasteiger partial charge in [-0.25, -0.2) is 0 Å². The summed E-state index contributed by atoms with van der Waals surface area (Å²) in [5.74, 6) is 0.629. The zero-order valence-electron chi connectivity index (χ0n) is 8.31. The van der Waals surface area contributed by atoms with E-state index in [4.69, 9.17) is 0 Å². The van der Waals surface area contributed by atoms with Crippen molar-refractivity contribution in [3.05, 3.63) is 34.9 Å². The molecule has 0 saturated carbocycles. The summed E-state index contributed by atoms with van der Waals surface area (Å²) >= 11 is 0. The largest absolute Gasteiger partial charge is 0.183 e. The van der Waals surface area contributed by atoms with E-state index in [1.54, 1.807) is 0 Å². The number of benzene rings is 1. The first-order valence-corrected chi connectivity index (χ1v) is 4.10.